The lowest BCUT2D eigenvalue weighted by Gasteiger charge is -2.20. The molecule has 0 fully saturated rings. The summed E-state index contributed by atoms with van der Waals surface area (Å²) in [6.45, 7) is 0. The normalized spacial score (nSPS) is 11.6. The number of fused-ring (bicyclic) bond motifs is 6. The number of hydrogen-bond donors (Lipinski definition) is 0. The molecule has 5 heteroatoms. The number of hydrogen-bond acceptors (Lipinski definition) is 5. The lowest BCUT2D eigenvalue weighted by atomic mass is 9.84. The Bertz CT molecular complexity index is 3110. The SMILES string of the molecule is c1ccc(-c2ccc(-c3nc(-c4cccc5c4oc4ccccc45)nc(-c4cccc5c4oc4ccccc45)n3)c(-c3ccccc3)c2-c2ccccc2)cc1. The summed E-state index contributed by atoms with van der Waals surface area (Å²) in [5.74, 6) is 1.56. The van der Waals surface area contributed by atoms with E-state index in [1.807, 2.05) is 66.7 Å². The van der Waals surface area contributed by atoms with Gasteiger partial charge in [-0.05, 0) is 58.1 Å². The second-order valence-electron chi connectivity index (χ2n) is 13.9. The molecule has 0 atom stereocenters. The van der Waals surface area contributed by atoms with Crippen molar-refractivity contribution in [3.63, 3.8) is 0 Å². The maximum absolute atomic E-state index is 6.56. The van der Waals surface area contributed by atoms with Crippen molar-refractivity contribution in [3.8, 4) is 67.5 Å². The number of para-hydroxylation sites is 4. The number of aromatic nitrogens is 3. The molecule has 0 bridgehead atoms. The van der Waals surface area contributed by atoms with Gasteiger partial charge in [-0.1, -0.05) is 158 Å². The fraction of sp³-hybridized carbons (Fsp3) is 0. The molecule has 8 aromatic carbocycles. The topological polar surface area (TPSA) is 65.0 Å². The van der Waals surface area contributed by atoms with Gasteiger partial charge in [-0.15, -0.1) is 0 Å². The maximum atomic E-state index is 6.56. The van der Waals surface area contributed by atoms with E-state index in [4.69, 9.17) is 23.8 Å². The van der Waals surface area contributed by atoms with Crippen LogP contribution >= 0.6 is 0 Å². The third kappa shape index (κ3) is 5.21. The van der Waals surface area contributed by atoms with E-state index in [9.17, 15) is 0 Å². The van der Waals surface area contributed by atoms with Crippen molar-refractivity contribution in [2.45, 2.75) is 0 Å². The van der Waals surface area contributed by atoms with Gasteiger partial charge in [-0.25, -0.2) is 15.0 Å². The molecule has 0 saturated carbocycles. The first-order valence-electron chi connectivity index (χ1n) is 18.7. The molecule has 11 aromatic rings. The van der Waals surface area contributed by atoms with Gasteiger partial charge in [0.15, 0.2) is 17.5 Å². The Hall–Kier alpha value is -7.63. The molecule has 0 unspecified atom stereocenters. The van der Waals surface area contributed by atoms with Gasteiger partial charge in [0.1, 0.15) is 22.3 Å². The van der Waals surface area contributed by atoms with Gasteiger partial charge in [0.25, 0.3) is 0 Å². The van der Waals surface area contributed by atoms with Crippen molar-refractivity contribution >= 4 is 43.9 Å². The molecule has 5 nitrogen and oxygen atoms in total. The molecule has 3 heterocycles. The van der Waals surface area contributed by atoms with Crippen LogP contribution in [0.1, 0.15) is 0 Å². The lowest BCUT2D eigenvalue weighted by molar-refractivity contribution is 0.669. The molecule has 0 aliphatic rings. The Morgan fingerprint density at radius 1 is 0.268 bits per heavy atom. The summed E-state index contributed by atoms with van der Waals surface area (Å²) in [5, 5.41) is 4.09. The van der Waals surface area contributed by atoms with E-state index >= 15 is 0 Å². The van der Waals surface area contributed by atoms with E-state index in [0.29, 0.717) is 17.5 Å². The molecule has 3 aromatic heterocycles. The van der Waals surface area contributed by atoms with Crippen molar-refractivity contribution in [3.05, 3.63) is 188 Å². The molecule has 0 amide bonds. The Morgan fingerprint density at radius 3 is 1.14 bits per heavy atom. The number of rotatable bonds is 6. The van der Waals surface area contributed by atoms with Crippen LogP contribution in [-0.4, -0.2) is 15.0 Å². The quantitative estimate of drug-likeness (QED) is 0.171. The molecular formula is C51H31N3O2. The maximum Gasteiger partial charge on any atom is 0.167 e. The minimum Gasteiger partial charge on any atom is -0.455 e. The molecule has 0 aliphatic carbocycles. The van der Waals surface area contributed by atoms with Gasteiger partial charge >= 0.3 is 0 Å². The predicted molar refractivity (Wildman–Crippen MR) is 227 cm³/mol. The zero-order valence-corrected chi connectivity index (χ0v) is 30.1. The van der Waals surface area contributed by atoms with Crippen LogP contribution in [0.2, 0.25) is 0 Å². The van der Waals surface area contributed by atoms with Crippen LogP contribution < -0.4 is 0 Å². The van der Waals surface area contributed by atoms with E-state index in [1.165, 1.54) is 0 Å². The summed E-state index contributed by atoms with van der Waals surface area (Å²) in [6.07, 6.45) is 0. The third-order valence-corrected chi connectivity index (χ3v) is 10.6. The largest absolute Gasteiger partial charge is 0.455 e. The van der Waals surface area contributed by atoms with Gasteiger partial charge in [0, 0.05) is 32.7 Å². The number of furan rings is 2. The van der Waals surface area contributed by atoms with Gasteiger partial charge in [-0.3, -0.25) is 0 Å². The molecule has 262 valence electrons. The molecule has 0 aliphatic heterocycles. The fourth-order valence-electron chi connectivity index (χ4n) is 8.04. The molecule has 0 saturated heterocycles. The predicted octanol–water partition coefficient (Wildman–Crippen LogP) is 13.7. The summed E-state index contributed by atoms with van der Waals surface area (Å²) in [6, 6.07) is 64.6. The highest BCUT2D eigenvalue weighted by Gasteiger charge is 2.24. The van der Waals surface area contributed by atoms with Gasteiger partial charge in [-0.2, -0.15) is 0 Å². The molecule has 0 spiro atoms. The Kier molecular flexibility index (Phi) is 7.42. The monoisotopic (exact) mass is 717 g/mol. The average Bonchev–Trinajstić information content (AvgIpc) is 3.85. The van der Waals surface area contributed by atoms with Gasteiger partial charge in [0.05, 0.1) is 11.1 Å². The summed E-state index contributed by atoms with van der Waals surface area (Å²) < 4.78 is 13.1. The highest BCUT2D eigenvalue weighted by Crippen LogP contribution is 2.46. The minimum absolute atomic E-state index is 0.509. The van der Waals surface area contributed by atoms with E-state index in [2.05, 4.69) is 121 Å². The summed E-state index contributed by atoms with van der Waals surface area (Å²) in [7, 11) is 0. The van der Waals surface area contributed by atoms with Crippen molar-refractivity contribution in [1.29, 1.82) is 0 Å². The zero-order valence-electron chi connectivity index (χ0n) is 30.1. The number of benzene rings is 8. The van der Waals surface area contributed by atoms with Crippen LogP contribution in [0.5, 0.6) is 0 Å². The standard InChI is InChI=1S/C51H31N3O2/c1-4-16-32(17-5-1)35-30-31-40(46(34-20-8-3-9-21-34)45(35)33-18-6-2-7-19-33)49-52-50(41-26-14-24-38-36-22-10-12-28-43(36)55-47(38)41)54-51(53-49)42-27-15-25-39-37-23-11-13-29-44(37)56-48(39)42/h1-31H. The van der Waals surface area contributed by atoms with Crippen molar-refractivity contribution in [1.82, 2.24) is 15.0 Å². The van der Waals surface area contributed by atoms with Crippen LogP contribution in [0.15, 0.2) is 197 Å². The average molecular weight is 718 g/mol. The highest BCUT2D eigenvalue weighted by atomic mass is 16.3. The fourth-order valence-corrected chi connectivity index (χ4v) is 8.04. The summed E-state index contributed by atoms with van der Waals surface area (Å²) in [5.41, 5.74) is 12.1. The third-order valence-electron chi connectivity index (χ3n) is 10.6. The molecular weight excluding hydrogens is 687 g/mol. The van der Waals surface area contributed by atoms with Crippen LogP contribution in [0.25, 0.3) is 111 Å². The molecule has 11 rings (SSSR count). The van der Waals surface area contributed by atoms with Gasteiger partial charge < -0.3 is 8.83 Å². The Morgan fingerprint density at radius 2 is 0.643 bits per heavy atom. The van der Waals surface area contributed by atoms with Crippen molar-refractivity contribution in [2.75, 3.05) is 0 Å². The van der Waals surface area contributed by atoms with Crippen molar-refractivity contribution in [2.24, 2.45) is 0 Å². The second-order valence-corrected chi connectivity index (χ2v) is 13.9. The highest BCUT2D eigenvalue weighted by molar-refractivity contribution is 6.11. The van der Waals surface area contributed by atoms with E-state index < -0.39 is 0 Å². The summed E-state index contributed by atoms with van der Waals surface area (Å²) in [4.78, 5) is 16.0. The molecule has 0 N–H and O–H groups in total. The Balaban J connectivity index is 1.25. The molecule has 56 heavy (non-hydrogen) atoms. The van der Waals surface area contributed by atoms with Crippen LogP contribution in [-0.2, 0) is 0 Å². The number of nitrogens with zero attached hydrogens (tertiary/aromatic N) is 3. The first kappa shape index (κ1) is 31.9. The van der Waals surface area contributed by atoms with Crippen LogP contribution in [0.4, 0.5) is 0 Å². The van der Waals surface area contributed by atoms with Crippen molar-refractivity contribution < 1.29 is 8.83 Å². The van der Waals surface area contributed by atoms with E-state index in [-0.39, 0.29) is 0 Å². The first-order chi connectivity index (χ1) is 27.8. The lowest BCUT2D eigenvalue weighted by Crippen LogP contribution is -2.03. The van der Waals surface area contributed by atoms with Gasteiger partial charge in [0.2, 0.25) is 0 Å². The van der Waals surface area contributed by atoms with Crippen LogP contribution in [0.3, 0.4) is 0 Å². The smallest absolute Gasteiger partial charge is 0.167 e. The minimum atomic E-state index is 0.509. The summed E-state index contributed by atoms with van der Waals surface area (Å²) >= 11 is 0. The Labute approximate surface area is 322 Å². The van der Waals surface area contributed by atoms with Crippen LogP contribution in [0, 0.1) is 0 Å². The zero-order chi connectivity index (χ0) is 37.0. The van der Waals surface area contributed by atoms with E-state index in [0.717, 1.165) is 93.9 Å². The second kappa shape index (κ2) is 13.0. The van der Waals surface area contributed by atoms with E-state index in [1.54, 1.807) is 0 Å². The first-order valence-corrected chi connectivity index (χ1v) is 18.7. The molecule has 0 radical (unpaired) electrons.